The molecule has 2 heterocycles. The van der Waals surface area contributed by atoms with Gasteiger partial charge in [-0.25, -0.2) is 4.98 Å². The third-order valence-corrected chi connectivity index (χ3v) is 6.34. The van der Waals surface area contributed by atoms with Crippen molar-refractivity contribution in [1.82, 2.24) is 9.88 Å². The van der Waals surface area contributed by atoms with Crippen molar-refractivity contribution in [3.63, 3.8) is 0 Å². The first-order valence-corrected chi connectivity index (χ1v) is 9.55. The largest absolute Gasteiger partial charge is 0.390 e. The summed E-state index contributed by atoms with van der Waals surface area (Å²) in [7, 11) is 0. The molecular formula is C16H25ClN2OS. The molecule has 1 saturated carbocycles. The number of aryl methyl sites for hydroxylation is 1. The van der Waals surface area contributed by atoms with E-state index in [0.717, 1.165) is 51.0 Å². The maximum absolute atomic E-state index is 10.7. The second kappa shape index (κ2) is 6.95. The summed E-state index contributed by atoms with van der Waals surface area (Å²) in [5.74, 6) is 1.02. The number of thiazole rings is 1. The second-order valence-electron chi connectivity index (χ2n) is 6.57. The van der Waals surface area contributed by atoms with Crippen LogP contribution in [0.25, 0.3) is 0 Å². The van der Waals surface area contributed by atoms with Crippen LogP contribution in [0.4, 0.5) is 0 Å². The van der Waals surface area contributed by atoms with Crippen molar-refractivity contribution in [2.45, 2.75) is 56.4 Å². The molecule has 1 N–H and O–H groups in total. The van der Waals surface area contributed by atoms with Crippen molar-refractivity contribution in [3.05, 3.63) is 16.1 Å². The van der Waals surface area contributed by atoms with E-state index >= 15 is 0 Å². The van der Waals surface area contributed by atoms with E-state index in [2.05, 4.69) is 15.3 Å². The minimum absolute atomic E-state index is 0.348. The molecule has 2 atom stereocenters. The minimum Gasteiger partial charge on any atom is -0.390 e. The van der Waals surface area contributed by atoms with Crippen LogP contribution in [-0.4, -0.2) is 40.2 Å². The monoisotopic (exact) mass is 328 g/mol. The van der Waals surface area contributed by atoms with Gasteiger partial charge in [0.2, 0.25) is 0 Å². The van der Waals surface area contributed by atoms with Crippen LogP contribution in [0.1, 0.15) is 49.2 Å². The van der Waals surface area contributed by atoms with Gasteiger partial charge in [0.15, 0.2) is 0 Å². The van der Waals surface area contributed by atoms with Gasteiger partial charge in [0.1, 0.15) is 0 Å². The number of likely N-dealkylation sites (tertiary alicyclic amines) is 1. The zero-order chi connectivity index (χ0) is 14.7. The molecule has 2 aliphatic rings. The van der Waals surface area contributed by atoms with Crippen LogP contribution >= 0.6 is 22.9 Å². The van der Waals surface area contributed by atoms with Gasteiger partial charge >= 0.3 is 0 Å². The number of alkyl halides is 1. The zero-order valence-corrected chi connectivity index (χ0v) is 14.1. The Hall–Kier alpha value is -0.160. The molecule has 3 rings (SSSR count). The van der Waals surface area contributed by atoms with Gasteiger partial charge in [-0.1, -0.05) is 12.8 Å². The molecule has 0 amide bonds. The van der Waals surface area contributed by atoms with Gasteiger partial charge in [-0.3, -0.25) is 0 Å². The van der Waals surface area contributed by atoms with E-state index < -0.39 is 0 Å². The zero-order valence-electron chi connectivity index (χ0n) is 12.6. The first-order valence-electron chi connectivity index (χ1n) is 8.13. The van der Waals surface area contributed by atoms with Gasteiger partial charge in [-0.2, -0.15) is 0 Å². The standard InChI is InChI=1S/C16H25ClN2OS/c17-10-14-12-21-15(18-14)5-3-8-19-9-7-16(20)6-2-1-4-13(16)11-19/h12-13,20H,1-11H2. The number of aliphatic hydroxyl groups is 1. The first kappa shape index (κ1) is 15.7. The molecule has 1 aromatic rings. The number of hydrogen-bond acceptors (Lipinski definition) is 4. The van der Waals surface area contributed by atoms with Crippen LogP contribution in [0.3, 0.4) is 0 Å². The molecular weight excluding hydrogens is 304 g/mol. The predicted molar refractivity (Wildman–Crippen MR) is 88.0 cm³/mol. The Balaban J connectivity index is 1.44. The van der Waals surface area contributed by atoms with E-state index in [-0.39, 0.29) is 5.60 Å². The van der Waals surface area contributed by atoms with Crippen molar-refractivity contribution in [3.8, 4) is 0 Å². The highest BCUT2D eigenvalue weighted by atomic mass is 35.5. The van der Waals surface area contributed by atoms with Gasteiger partial charge < -0.3 is 10.0 Å². The molecule has 5 heteroatoms. The summed E-state index contributed by atoms with van der Waals surface area (Å²) in [6.45, 7) is 3.27. The number of aromatic nitrogens is 1. The van der Waals surface area contributed by atoms with E-state index in [9.17, 15) is 5.11 Å². The van der Waals surface area contributed by atoms with Gasteiger partial charge in [-0.15, -0.1) is 22.9 Å². The van der Waals surface area contributed by atoms with E-state index in [0.29, 0.717) is 11.8 Å². The van der Waals surface area contributed by atoms with E-state index in [1.165, 1.54) is 24.3 Å². The van der Waals surface area contributed by atoms with Crippen LogP contribution in [0.5, 0.6) is 0 Å². The molecule has 1 saturated heterocycles. The summed E-state index contributed by atoms with van der Waals surface area (Å²) < 4.78 is 0. The maximum Gasteiger partial charge on any atom is 0.0929 e. The van der Waals surface area contributed by atoms with Crippen LogP contribution in [0, 0.1) is 5.92 Å². The molecule has 21 heavy (non-hydrogen) atoms. The third kappa shape index (κ3) is 3.79. The number of fused-ring (bicyclic) bond motifs is 1. The Morgan fingerprint density at radius 3 is 3.14 bits per heavy atom. The normalized spacial score (nSPS) is 30.3. The van der Waals surface area contributed by atoms with E-state index in [1.807, 2.05) is 0 Å². The lowest BCUT2D eigenvalue weighted by atomic mass is 9.71. The van der Waals surface area contributed by atoms with E-state index in [4.69, 9.17) is 11.6 Å². The molecule has 2 fully saturated rings. The minimum atomic E-state index is -0.348. The van der Waals surface area contributed by atoms with Crippen molar-refractivity contribution in [2.75, 3.05) is 19.6 Å². The number of rotatable bonds is 5. The molecule has 1 aromatic heterocycles. The summed E-state index contributed by atoms with van der Waals surface area (Å²) in [6.07, 6.45) is 7.89. The summed E-state index contributed by atoms with van der Waals surface area (Å²) in [5.41, 5.74) is 0.654. The van der Waals surface area contributed by atoms with Crippen LogP contribution in [0.2, 0.25) is 0 Å². The van der Waals surface area contributed by atoms with Crippen molar-refractivity contribution in [1.29, 1.82) is 0 Å². The highest BCUT2D eigenvalue weighted by molar-refractivity contribution is 7.09. The molecule has 0 spiro atoms. The Bertz CT molecular complexity index is 467. The number of hydrogen-bond donors (Lipinski definition) is 1. The van der Waals surface area contributed by atoms with E-state index in [1.54, 1.807) is 11.3 Å². The summed E-state index contributed by atoms with van der Waals surface area (Å²) in [5, 5.41) is 14.0. The Morgan fingerprint density at radius 2 is 2.33 bits per heavy atom. The topological polar surface area (TPSA) is 36.4 Å². The highest BCUT2D eigenvalue weighted by Crippen LogP contribution is 2.39. The first-order chi connectivity index (χ1) is 10.2. The lowest BCUT2D eigenvalue weighted by Crippen LogP contribution is -2.53. The molecule has 2 unspecified atom stereocenters. The van der Waals surface area contributed by atoms with Crippen molar-refractivity contribution < 1.29 is 5.11 Å². The fraction of sp³-hybridized carbons (Fsp3) is 0.812. The quantitative estimate of drug-likeness (QED) is 0.841. The number of halogens is 1. The number of piperidine rings is 1. The number of nitrogens with zero attached hydrogens (tertiary/aromatic N) is 2. The van der Waals surface area contributed by atoms with Crippen LogP contribution in [-0.2, 0) is 12.3 Å². The van der Waals surface area contributed by atoms with Crippen molar-refractivity contribution >= 4 is 22.9 Å². The summed E-state index contributed by atoms with van der Waals surface area (Å²) >= 11 is 7.51. The predicted octanol–water partition coefficient (Wildman–Crippen LogP) is 3.44. The Morgan fingerprint density at radius 1 is 1.43 bits per heavy atom. The highest BCUT2D eigenvalue weighted by Gasteiger charge is 2.42. The molecule has 0 radical (unpaired) electrons. The maximum atomic E-state index is 10.7. The molecule has 118 valence electrons. The Labute approximate surface area is 136 Å². The second-order valence-corrected chi connectivity index (χ2v) is 7.78. The lowest BCUT2D eigenvalue weighted by molar-refractivity contribution is -0.0952. The average molecular weight is 329 g/mol. The molecule has 1 aliphatic carbocycles. The van der Waals surface area contributed by atoms with Gasteiger partial charge in [0.05, 0.1) is 22.2 Å². The SMILES string of the molecule is OC12CCCCC1CN(CCCc1nc(CCl)cs1)CC2. The average Bonchev–Trinajstić information content (AvgIpc) is 2.95. The summed E-state index contributed by atoms with van der Waals surface area (Å²) in [6, 6.07) is 0. The van der Waals surface area contributed by atoms with Crippen LogP contribution < -0.4 is 0 Å². The lowest BCUT2D eigenvalue weighted by Gasteiger charge is -2.47. The summed E-state index contributed by atoms with van der Waals surface area (Å²) in [4.78, 5) is 7.06. The third-order valence-electron chi connectivity index (χ3n) is 5.11. The molecule has 1 aliphatic heterocycles. The fourth-order valence-corrected chi connectivity index (χ4v) is 4.89. The van der Waals surface area contributed by atoms with Gasteiger partial charge in [0, 0.05) is 30.8 Å². The fourth-order valence-electron chi connectivity index (χ4n) is 3.82. The Kier molecular flexibility index (Phi) is 5.20. The van der Waals surface area contributed by atoms with Gasteiger partial charge in [0.25, 0.3) is 0 Å². The molecule has 3 nitrogen and oxygen atoms in total. The van der Waals surface area contributed by atoms with Crippen molar-refractivity contribution in [2.24, 2.45) is 5.92 Å². The smallest absolute Gasteiger partial charge is 0.0929 e. The molecule has 0 bridgehead atoms. The molecule has 0 aromatic carbocycles. The van der Waals surface area contributed by atoms with Gasteiger partial charge in [-0.05, 0) is 32.2 Å². The van der Waals surface area contributed by atoms with Crippen LogP contribution in [0.15, 0.2) is 5.38 Å².